The van der Waals surface area contributed by atoms with Crippen molar-refractivity contribution in [3.05, 3.63) is 53.9 Å². The molecule has 1 aromatic heterocycles. The lowest BCUT2D eigenvalue weighted by Crippen LogP contribution is -2.48. The third-order valence-electron chi connectivity index (χ3n) is 7.52. The summed E-state index contributed by atoms with van der Waals surface area (Å²) < 4.78 is 19.1. The minimum absolute atomic E-state index is 0.146. The molecule has 192 valence electrons. The van der Waals surface area contributed by atoms with Gasteiger partial charge < -0.3 is 19.1 Å². The normalized spacial score (nSPS) is 18.1. The van der Waals surface area contributed by atoms with Crippen LogP contribution in [0, 0.1) is 0 Å². The molecule has 1 atom stereocenters. The van der Waals surface area contributed by atoms with E-state index in [1.165, 1.54) is 19.3 Å². The average Bonchev–Trinajstić information content (AvgIpc) is 3.43. The number of rotatable bonds is 8. The molecule has 2 aliphatic rings. The third-order valence-corrected chi connectivity index (χ3v) is 7.52. The van der Waals surface area contributed by atoms with Crippen LogP contribution < -0.4 is 19.1 Å². The molecule has 0 radical (unpaired) electrons. The number of hydrogen-bond acceptors (Lipinski definition) is 8. The summed E-state index contributed by atoms with van der Waals surface area (Å²) >= 11 is 0. The highest BCUT2D eigenvalue weighted by Gasteiger charge is 2.35. The van der Waals surface area contributed by atoms with Crippen LogP contribution in [-0.4, -0.2) is 72.6 Å². The van der Waals surface area contributed by atoms with Crippen molar-refractivity contribution in [2.75, 3.05) is 52.4 Å². The number of piperazine rings is 1. The van der Waals surface area contributed by atoms with E-state index < -0.39 is 0 Å². The first-order valence-corrected chi connectivity index (χ1v) is 12.8. The van der Waals surface area contributed by atoms with Gasteiger partial charge in [0.2, 0.25) is 0 Å². The van der Waals surface area contributed by atoms with Crippen LogP contribution in [0.15, 0.2) is 42.5 Å². The second kappa shape index (κ2) is 11.2. The lowest BCUT2D eigenvalue weighted by Gasteiger charge is -2.40. The summed E-state index contributed by atoms with van der Waals surface area (Å²) in [4.78, 5) is 4.85. The molecule has 36 heavy (non-hydrogen) atoms. The quantitative estimate of drug-likeness (QED) is 0.465. The first kappa shape index (κ1) is 24.4. The van der Waals surface area contributed by atoms with Gasteiger partial charge in [-0.3, -0.25) is 4.90 Å². The number of tetrazole rings is 1. The monoisotopic (exact) mass is 492 g/mol. The van der Waals surface area contributed by atoms with Gasteiger partial charge in [-0.1, -0.05) is 31.4 Å². The predicted molar refractivity (Wildman–Crippen MR) is 138 cm³/mol. The molecule has 2 fully saturated rings. The maximum absolute atomic E-state index is 5.83. The second-order valence-corrected chi connectivity index (χ2v) is 9.48. The van der Waals surface area contributed by atoms with Crippen molar-refractivity contribution < 1.29 is 14.2 Å². The lowest BCUT2D eigenvalue weighted by molar-refractivity contribution is 0.190. The van der Waals surface area contributed by atoms with Crippen LogP contribution in [0.25, 0.3) is 0 Å². The maximum atomic E-state index is 5.83. The van der Waals surface area contributed by atoms with Gasteiger partial charge in [0.15, 0.2) is 5.82 Å². The van der Waals surface area contributed by atoms with Crippen LogP contribution >= 0.6 is 0 Å². The van der Waals surface area contributed by atoms with Gasteiger partial charge >= 0.3 is 0 Å². The van der Waals surface area contributed by atoms with E-state index >= 15 is 0 Å². The summed E-state index contributed by atoms with van der Waals surface area (Å²) in [7, 11) is 5.13. The summed E-state index contributed by atoms with van der Waals surface area (Å²) in [6, 6.07) is 14.4. The zero-order chi connectivity index (χ0) is 24.9. The Labute approximate surface area is 212 Å². The van der Waals surface area contributed by atoms with Gasteiger partial charge in [-0.25, -0.2) is 4.68 Å². The minimum Gasteiger partial charge on any atom is -0.497 e. The van der Waals surface area contributed by atoms with Crippen LogP contribution in [0.1, 0.15) is 55.6 Å². The molecule has 3 aromatic rings. The van der Waals surface area contributed by atoms with Crippen LogP contribution in [0.4, 0.5) is 5.69 Å². The van der Waals surface area contributed by atoms with E-state index in [-0.39, 0.29) is 6.04 Å². The van der Waals surface area contributed by atoms with Crippen LogP contribution in [0.5, 0.6) is 17.2 Å². The number of anilines is 1. The van der Waals surface area contributed by atoms with Crippen molar-refractivity contribution in [1.29, 1.82) is 0 Å². The van der Waals surface area contributed by atoms with E-state index in [2.05, 4.69) is 48.2 Å². The molecule has 2 heterocycles. The molecule has 9 nitrogen and oxygen atoms in total. The number of para-hydroxylation sites is 2. The molecule has 2 aromatic carbocycles. The highest BCUT2D eigenvalue weighted by molar-refractivity contribution is 5.58. The van der Waals surface area contributed by atoms with E-state index in [1.807, 2.05) is 24.3 Å². The van der Waals surface area contributed by atoms with Crippen LogP contribution in [0.3, 0.4) is 0 Å². The molecule has 0 unspecified atom stereocenters. The Bertz CT molecular complexity index is 1140. The number of nitrogens with zero attached hydrogens (tertiary/aromatic N) is 6. The fourth-order valence-corrected chi connectivity index (χ4v) is 5.63. The smallest absolute Gasteiger partial charge is 0.173 e. The summed E-state index contributed by atoms with van der Waals surface area (Å²) in [6.45, 7) is 3.43. The fraction of sp³-hybridized carbons (Fsp3) is 0.519. The van der Waals surface area contributed by atoms with Crippen LogP contribution in [-0.2, 0) is 0 Å². The lowest BCUT2D eigenvalue weighted by atomic mass is 9.94. The third kappa shape index (κ3) is 4.84. The van der Waals surface area contributed by atoms with Gasteiger partial charge in [-0.15, -0.1) is 5.10 Å². The van der Waals surface area contributed by atoms with Gasteiger partial charge in [0, 0.05) is 31.7 Å². The Morgan fingerprint density at radius 3 is 2.31 bits per heavy atom. The highest BCUT2D eigenvalue weighted by Crippen LogP contribution is 2.39. The largest absolute Gasteiger partial charge is 0.497 e. The van der Waals surface area contributed by atoms with Crippen molar-refractivity contribution in [1.82, 2.24) is 25.1 Å². The Kier molecular flexibility index (Phi) is 7.55. The maximum Gasteiger partial charge on any atom is 0.173 e. The van der Waals surface area contributed by atoms with E-state index in [9.17, 15) is 0 Å². The standard InChI is InChI=1S/C27H36N6O3/c1-34-21-13-14-24(35-2)22(19-21)26(27-28-29-30-33(27)20-9-5-4-6-10-20)32-17-15-31(16-18-32)23-11-7-8-12-25(23)36-3/h7-8,11-14,19-20,26H,4-6,9-10,15-18H2,1-3H3/t26-/m0/s1. The van der Waals surface area contributed by atoms with E-state index in [1.54, 1.807) is 21.3 Å². The molecule has 0 amide bonds. The zero-order valence-electron chi connectivity index (χ0n) is 21.5. The van der Waals surface area contributed by atoms with Crippen LogP contribution in [0.2, 0.25) is 0 Å². The Morgan fingerprint density at radius 1 is 0.833 bits per heavy atom. The molecule has 9 heteroatoms. The Balaban J connectivity index is 1.49. The van der Waals surface area contributed by atoms with Gasteiger partial charge in [0.1, 0.15) is 23.3 Å². The van der Waals surface area contributed by atoms with Crippen molar-refractivity contribution in [3.63, 3.8) is 0 Å². The fourth-order valence-electron chi connectivity index (χ4n) is 5.63. The summed E-state index contributed by atoms with van der Waals surface area (Å²) in [6.07, 6.45) is 5.94. The Morgan fingerprint density at radius 2 is 1.58 bits per heavy atom. The highest BCUT2D eigenvalue weighted by atomic mass is 16.5. The molecular formula is C27H36N6O3. The topological polar surface area (TPSA) is 77.8 Å². The first-order valence-electron chi connectivity index (χ1n) is 12.8. The van der Waals surface area contributed by atoms with Crippen molar-refractivity contribution in [2.45, 2.75) is 44.2 Å². The number of ether oxygens (including phenoxy) is 3. The molecule has 0 bridgehead atoms. The summed E-state index contributed by atoms with van der Waals surface area (Å²) in [5, 5.41) is 13.3. The summed E-state index contributed by atoms with van der Waals surface area (Å²) in [5.74, 6) is 3.38. The van der Waals surface area contributed by atoms with Crippen molar-refractivity contribution in [3.8, 4) is 17.2 Å². The predicted octanol–water partition coefficient (Wildman–Crippen LogP) is 4.12. The molecule has 1 aliphatic carbocycles. The zero-order valence-corrected chi connectivity index (χ0v) is 21.5. The SMILES string of the molecule is COc1ccc(OC)c([C@@H](c2nnnn2C2CCCCC2)N2CCN(c3ccccc3OC)CC2)c1. The average molecular weight is 493 g/mol. The number of aromatic nitrogens is 4. The van der Waals surface area contributed by atoms with Crippen molar-refractivity contribution in [2.24, 2.45) is 0 Å². The minimum atomic E-state index is -0.146. The molecule has 1 aliphatic heterocycles. The molecule has 5 rings (SSSR count). The molecule has 1 saturated heterocycles. The van der Waals surface area contributed by atoms with Gasteiger partial charge in [0.05, 0.1) is 33.1 Å². The van der Waals surface area contributed by atoms with Gasteiger partial charge in [-0.05, 0) is 53.6 Å². The van der Waals surface area contributed by atoms with Gasteiger partial charge in [-0.2, -0.15) is 0 Å². The van der Waals surface area contributed by atoms with E-state index in [0.29, 0.717) is 6.04 Å². The molecule has 1 saturated carbocycles. The Hall–Kier alpha value is -3.33. The van der Waals surface area contributed by atoms with E-state index in [4.69, 9.17) is 14.2 Å². The van der Waals surface area contributed by atoms with Crippen molar-refractivity contribution >= 4 is 5.69 Å². The number of benzene rings is 2. The molecule has 0 N–H and O–H groups in total. The first-order chi connectivity index (χ1) is 17.7. The summed E-state index contributed by atoms with van der Waals surface area (Å²) in [5.41, 5.74) is 2.15. The second-order valence-electron chi connectivity index (χ2n) is 9.48. The van der Waals surface area contributed by atoms with E-state index in [0.717, 1.165) is 73.3 Å². The molecular weight excluding hydrogens is 456 g/mol. The number of methoxy groups -OCH3 is 3. The number of hydrogen-bond donors (Lipinski definition) is 0. The molecule has 0 spiro atoms. The van der Waals surface area contributed by atoms with Gasteiger partial charge in [0.25, 0.3) is 0 Å².